The van der Waals surface area contributed by atoms with Gasteiger partial charge in [0, 0.05) is 0 Å². The van der Waals surface area contributed by atoms with Gasteiger partial charge in [-0.15, -0.1) is 0 Å². The third-order valence-electron chi connectivity index (χ3n) is 3.32. The van der Waals surface area contributed by atoms with Gasteiger partial charge in [0.15, 0.2) is 0 Å². The van der Waals surface area contributed by atoms with Crippen LogP contribution in [0.15, 0.2) is 24.3 Å². The van der Waals surface area contributed by atoms with Crippen LogP contribution in [0.5, 0.6) is 5.75 Å². The van der Waals surface area contributed by atoms with Gasteiger partial charge >= 0.3 is 0 Å². The van der Waals surface area contributed by atoms with Crippen LogP contribution in [-0.4, -0.2) is 17.8 Å². The van der Waals surface area contributed by atoms with Crippen LogP contribution < -0.4 is 4.74 Å². The molecule has 0 bridgehead atoms. The van der Waals surface area contributed by atoms with Crippen molar-refractivity contribution in [2.75, 3.05) is 7.11 Å². The molecule has 1 saturated carbocycles. The van der Waals surface area contributed by atoms with E-state index < -0.39 is 0 Å². The van der Waals surface area contributed by atoms with Gasteiger partial charge in [-0.2, -0.15) is 0 Å². The zero-order chi connectivity index (χ0) is 10.9. The Morgan fingerprint density at radius 2 is 2.00 bits per heavy atom. The highest BCUT2D eigenvalue weighted by Gasteiger charge is 2.47. The minimum Gasteiger partial charge on any atom is -0.497 e. The van der Waals surface area contributed by atoms with Crippen LogP contribution in [0, 0.1) is 5.92 Å². The smallest absolute Gasteiger partial charge is 0.118 e. The lowest BCUT2D eigenvalue weighted by atomic mass is 10.1. The van der Waals surface area contributed by atoms with E-state index in [1.165, 1.54) is 5.56 Å². The predicted molar refractivity (Wildman–Crippen MR) is 60.0 cm³/mol. The normalized spacial score (nSPS) is 28.9. The van der Waals surface area contributed by atoms with Crippen molar-refractivity contribution < 1.29 is 9.84 Å². The maximum absolute atomic E-state index is 9.63. The summed E-state index contributed by atoms with van der Waals surface area (Å²) < 4.78 is 5.10. The number of aryl methyl sites for hydroxylation is 1. The molecule has 1 N–H and O–H groups in total. The molecule has 2 rings (SSSR count). The first-order valence-electron chi connectivity index (χ1n) is 5.47. The fourth-order valence-corrected chi connectivity index (χ4v) is 1.99. The van der Waals surface area contributed by atoms with Gasteiger partial charge in [0.2, 0.25) is 0 Å². The second-order valence-corrected chi connectivity index (χ2v) is 4.64. The van der Waals surface area contributed by atoms with Crippen molar-refractivity contribution in [3.8, 4) is 5.75 Å². The summed E-state index contributed by atoms with van der Waals surface area (Å²) in [5, 5.41) is 9.63. The molecule has 0 radical (unpaired) electrons. The molecule has 0 heterocycles. The Hall–Kier alpha value is -1.02. The maximum Gasteiger partial charge on any atom is 0.118 e. The third kappa shape index (κ3) is 2.51. The van der Waals surface area contributed by atoms with Gasteiger partial charge in [-0.3, -0.25) is 0 Å². The van der Waals surface area contributed by atoms with E-state index in [1.54, 1.807) is 7.11 Å². The summed E-state index contributed by atoms with van der Waals surface area (Å²) in [4.78, 5) is 0. The van der Waals surface area contributed by atoms with Gasteiger partial charge in [0.05, 0.1) is 12.7 Å². The Balaban J connectivity index is 1.84. The molecule has 1 fully saturated rings. The molecule has 15 heavy (non-hydrogen) atoms. The van der Waals surface area contributed by atoms with Gasteiger partial charge in [-0.05, 0) is 49.8 Å². The largest absolute Gasteiger partial charge is 0.497 e. The van der Waals surface area contributed by atoms with Gasteiger partial charge in [0.1, 0.15) is 5.75 Å². The highest BCUT2D eigenvalue weighted by atomic mass is 16.5. The molecule has 82 valence electrons. The van der Waals surface area contributed by atoms with E-state index in [2.05, 4.69) is 12.1 Å². The predicted octanol–water partition coefficient (Wildman–Crippen LogP) is 2.40. The molecule has 0 aromatic heterocycles. The molecule has 0 amide bonds. The second kappa shape index (κ2) is 3.86. The highest BCUT2D eigenvalue weighted by molar-refractivity contribution is 5.27. The number of hydrogen-bond acceptors (Lipinski definition) is 2. The minimum atomic E-state index is -0.382. The van der Waals surface area contributed by atoms with Crippen LogP contribution in [0.3, 0.4) is 0 Å². The molecule has 0 spiro atoms. The van der Waals surface area contributed by atoms with E-state index in [-0.39, 0.29) is 5.60 Å². The van der Waals surface area contributed by atoms with E-state index in [1.807, 2.05) is 19.1 Å². The Morgan fingerprint density at radius 1 is 1.40 bits per heavy atom. The standard InChI is InChI=1S/C13H18O2/c1-13(14)9-11(13)6-3-10-4-7-12(15-2)8-5-10/h4-5,7-8,11,14H,3,6,9H2,1-2H3. The van der Waals surface area contributed by atoms with Crippen LogP contribution in [0.2, 0.25) is 0 Å². The van der Waals surface area contributed by atoms with Crippen molar-refractivity contribution >= 4 is 0 Å². The summed E-state index contributed by atoms with van der Waals surface area (Å²) in [5.41, 5.74) is 0.936. The fourth-order valence-electron chi connectivity index (χ4n) is 1.99. The molecule has 0 aliphatic heterocycles. The molecule has 0 saturated heterocycles. The number of hydrogen-bond donors (Lipinski definition) is 1. The van der Waals surface area contributed by atoms with Crippen molar-refractivity contribution in [1.82, 2.24) is 0 Å². The fraction of sp³-hybridized carbons (Fsp3) is 0.538. The average molecular weight is 206 g/mol. The summed E-state index contributed by atoms with van der Waals surface area (Å²) in [6.45, 7) is 1.92. The lowest BCUT2D eigenvalue weighted by Gasteiger charge is -2.04. The lowest BCUT2D eigenvalue weighted by molar-refractivity contribution is 0.150. The first kappa shape index (κ1) is 10.5. The number of benzene rings is 1. The molecule has 1 aliphatic carbocycles. The van der Waals surface area contributed by atoms with Gasteiger partial charge in [-0.1, -0.05) is 12.1 Å². The summed E-state index contributed by atoms with van der Waals surface area (Å²) in [5.74, 6) is 1.40. The van der Waals surface area contributed by atoms with Gasteiger partial charge in [0.25, 0.3) is 0 Å². The molecule has 2 nitrogen and oxygen atoms in total. The Kier molecular flexibility index (Phi) is 2.70. The Bertz CT molecular complexity index is 327. The van der Waals surface area contributed by atoms with Crippen molar-refractivity contribution in [2.45, 2.75) is 31.8 Å². The van der Waals surface area contributed by atoms with E-state index in [0.717, 1.165) is 25.0 Å². The first-order valence-corrected chi connectivity index (χ1v) is 5.47. The SMILES string of the molecule is COc1ccc(CCC2CC2(C)O)cc1. The van der Waals surface area contributed by atoms with E-state index in [4.69, 9.17) is 4.74 Å². The van der Waals surface area contributed by atoms with Crippen molar-refractivity contribution in [3.05, 3.63) is 29.8 Å². The van der Waals surface area contributed by atoms with Crippen molar-refractivity contribution in [3.63, 3.8) is 0 Å². The molecule has 1 aliphatic rings. The van der Waals surface area contributed by atoms with Crippen LogP contribution >= 0.6 is 0 Å². The van der Waals surface area contributed by atoms with E-state index in [9.17, 15) is 5.11 Å². The first-order chi connectivity index (χ1) is 7.12. The minimum absolute atomic E-state index is 0.382. The second-order valence-electron chi connectivity index (χ2n) is 4.64. The van der Waals surface area contributed by atoms with Gasteiger partial charge in [-0.25, -0.2) is 0 Å². The van der Waals surface area contributed by atoms with Crippen LogP contribution in [0.25, 0.3) is 0 Å². The van der Waals surface area contributed by atoms with Crippen LogP contribution in [-0.2, 0) is 6.42 Å². The number of ether oxygens (including phenoxy) is 1. The Morgan fingerprint density at radius 3 is 2.47 bits per heavy atom. The zero-order valence-corrected chi connectivity index (χ0v) is 9.36. The van der Waals surface area contributed by atoms with Crippen molar-refractivity contribution in [1.29, 1.82) is 0 Å². The third-order valence-corrected chi connectivity index (χ3v) is 3.32. The van der Waals surface area contributed by atoms with Gasteiger partial charge < -0.3 is 9.84 Å². The molecular weight excluding hydrogens is 188 g/mol. The summed E-state index contributed by atoms with van der Waals surface area (Å²) in [6.07, 6.45) is 3.09. The molecular formula is C13H18O2. The van der Waals surface area contributed by atoms with Crippen LogP contribution in [0.4, 0.5) is 0 Å². The number of aliphatic hydroxyl groups is 1. The van der Waals surface area contributed by atoms with Crippen molar-refractivity contribution in [2.24, 2.45) is 5.92 Å². The number of methoxy groups -OCH3 is 1. The quantitative estimate of drug-likeness (QED) is 0.819. The topological polar surface area (TPSA) is 29.5 Å². The molecule has 2 heteroatoms. The summed E-state index contributed by atoms with van der Waals surface area (Å²) >= 11 is 0. The molecule has 2 atom stereocenters. The highest BCUT2D eigenvalue weighted by Crippen LogP contribution is 2.45. The average Bonchev–Trinajstić information content (AvgIpc) is 2.84. The molecule has 2 unspecified atom stereocenters. The summed E-state index contributed by atoms with van der Waals surface area (Å²) in [7, 11) is 1.68. The lowest BCUT2D eigenvalue weighted by Crippen LogP contribution is -2.04. The maximum atomic E-state index is 9.63. The Labute approximate surface area is 90.9 Å². The van der Waals surface area contributed by atoms with E-state index in [0.29, 0.717) is 5.92 Å². The van der Waals surface area contributed by atoms with Crippen LogP contribution in [0.1, 0.15) is 25.3 Å². The summed E-state index contributed by atoms with van der Waals surface area (Å²) in [6, 6.07) is 8.16. The van der Waals surface area contributed by atoms with E-state index >= 15 is 0 Å². The zero-order valence-electron chi connectivity index (χ0n) is 9.36. The number of rotatable bonds is 4. The monoisotopic (exact) mass is 206 g/mol. The molecule has 1 aromatic rings. The molecule has 1 aromatic carbocycles.